The molecule has 1 amide bonds. The van der Waals surface area contributed by atoms with Crippen LogP contribution < -0.4 is 5.32 Å². The van der Waals surface area contributed by atoms with Crippen molar-refractivity contribution in [2.75, 3.05) is 19.6 Å². The molecule has 1 rings (SSSR count). The number of amides is 1. The van der Waals surface area contributed by atoms with Crippen molar-refractivity contribution >= 4 is 18.3 Å². The zero-order valence-electron chi connectivity index (χ0n) is 11.4. The van der Waals surface area contributed by atoms with Crippen molar-refractivity contribution in [3.05, 3.63) is 0 Å². The molecule has 1 aliphatic heterocycles. The quantitative estimate of drug-likeness (QED) is 0.798. The third-order valence-electron chi connectivity index (χ3n) is 3.69. The van der Waals surface area contributed by atoms with Gasteiger partial charge in [-0.2, -0.15) is 0 Å². The molecule has 1 saturated heterocycles. The minimum atomic E-state index is 0. The number of halogens is 1. The highest BCUT2D eigenvalue weighted by atomic mass is 35.5. The average Bonchev–Trinajstić information content (AvgIpc) is 2.83. The molecular formula is C13H27ClN2O. The number of nitrogens with zero attached hydrogens (tertiary/aromatic N) is 1. The molecule has 1 unspecified atom stereocenters. The Morgan fingerprint density at radius 1 is 1.35 bits per heavy atom. The number of carbonyl (C=O) groups excluding carboxylic acids is 1. The number of nitrogens with one attached hydrogen (secondary N) is 1. The largest absolute Gasteiger partial charge is 0.341 e. The summed E-state index contributed by atoms with van der Waals surface area (Å²) in [6, 6.07) is 0.0920. The lowest BCUT2D eigenvalue weighted by atomic mass is 10.0. The minimum absolute atomic E-state index is 0. The maximum absolute atomic E-state index is 12.2. The number of hydrogen-bond donors (Lipinski definition) is 1. The number of likely N-dealkylation sites (N-methyl/N-ethyl adjacent to an activating group) is 1. The Labute approximate surface area is 112 Å². The number of carbonyl (C=O) groups is 1. The van der Waals surface area contributed by atoms with Gasteiger partial charge >= 0.3 is 0 Å². The molecule has 0 aromatic carbocycles. The smallest absolute Gasteiger partial charge is 0.239 e. The van der Waals surface area contributed by atoms with Crippen LogP contribution in [-0.4, -0.2) is 36.5 Å². The molecular weight excluding hydrogens is 236 g/mol. The fraction of sp³-hybridized carbons (Fsp3) is 0.923. The predicted molar refractivity (Wildman–Crippen MR) is 74.6 cm³/mol. The van der Waals surface area contributed by atoms with Crippen LogP contribution in [0.4, 0.5) is 0 Å². The third kappa shape index (κ3) is 4.84. The standard InChI is InChI=1S/C13H26N2O.ClH/c1-4-11(5-2)10-15(6-3)13(16)12-8-7-9-14-12;/h11-12,14H,4-10H2,1-3H3;1H. The van der Waals surface area contributed by atoms with Crippen LogP contribution in [0.25, 0.3) is 0 Å². The van der Waals surface area contributed by atoms with E-state index in [1.54, 1.807) is 0 Å². The summed E-state index contributed by atoms with van der Waals surface area (Å²) in [5.41, 5.74) is 0. The van der Waals surface area contributed by atoms with Gasteiger partial charge in [0.15, 0.2) is 0 Å². The highest BCUT2D eigenvalue weighted by Crippen LogP contribution is 2.13. The molecule has 1 N–H and O–H groups in total. The van der Waals surface area contributed by atoms with Gasteiger partial charge in [-0.05, 0) is 32.2 Å². The molecule has 3 nitrogen and oxygen atoms in total. The lowest BCUT2D eigenvalue weighted by Gasteiger charge is -2.28. The second-order valence-corrected chi connectivity index (χ2v) is 4.71. The first-order chi connectivity index (χ1) is 7.72. The lowest BCUT2D eigenvalue weighted by molar-refractivity contribution is -0.133. The Hall–Kier alpha value is -0.280. The Morgan fingerprint density at radius 2 is 2.00 bits per heavy atom. The summed E-state index contributed by atoms with van der Waals surface area (Å²) in [7, 11) is 0. The van der Waals surface area contributed by atoms with E-state index in [-0.39, 0.29) is 18.4 Å². The molecule has 0 aliphatic carbocycles. The molecule has 0 radical (unpaired) electrons. The Kier molecular flexibility index (Phi) is 8.61. The maximum atomic E-state index is 12.2. The van der Waals surface area contributed by atoms with Gasteiger partial charge in [-0.15, -0.1) is 12.4 Å². The molecule has 102 valence electrons. The van der Waals surface area contributed by atoms with Crippen molar-refractivity contribution in [3.63, 3.8) is 0 Å². The van der Waals surface area contributed by atoms with E-state index in [1.165, 1.54) is 12.8 Å². The fourth-order valence-corrected chi connectivity index (χ4v) is 2.35. The van der Waals surface area contributed by atoms with Gasteiger partial charge in [-0.1, -0.05) is 26.7 Å². The van der Waals surface area contributed by atoms with Crippen molar-refractivity contribution in [1.82, 2.24) is 10.2 Å². The molecule has 0 bridgehead atoms. The predicted octanol–water partition coefficient (Wildman–Crippen LogP) is 2.44. The van der Waals surface area contributed by atoms with E-state index in [2.05, 4.69) is 26.1 Å². The first-order valence-electron chi connectivity index (χ1n) is 6.75. The Balaban J connectivity index is 0.00000256. The molecule has 1 heterocycles. The second kappa shape index (κ2) is 8.76. The maximum Gasteiger partial charge on any atom is 0.239 e. The van der Waals surface area contributed by atoms with Crippen LogP contribution in [0.2, 0.25) is 0 Å². The van der Waals surface area contributed by atoms with Gasteiger partial charge in [0.05, 0.1) is 6.04 Å². The highest BCUT2D eigenvalue weighted by Gasteiger charge is 2.26. The van der Waals surface area contributed by atoms with E-state index < -0.39 is 0 Å². The van der Waals surface area contributed by atoms with Crippen LogP contribution in [0.5, 0.6) is 0 Å². The van der Waals surface area contributed by atoms with Crippen molar-refractivity contribution < 1.29 is 4.79 Å². The van der Waals surface area contributed by atoms with Gasteiger partial charge in [0.1, 0.15) is 0 Å². The van der Waals surface area contributed by atoms with Gasteiger partial charge in [-0.3, -0.25) is 4.79 Å². The van der Waals surface area contributed by atoms with Crippen LogP contribution in [-0.2, 0) is 4.79 Å². The van der Waals surface area contributed by atoms with Gasteiger partial charge < -0.3 is 10.2 Å². The molecule has 0 saturated carbocycles. The molecule has 4 heteroatoms. The topological polar surface area (TPSA) is 32.3 Å². The molecule has 0 aromatic heterocycles. The van der Waals surface area contributed by atoms with Crippen molar-refractivity contribution in [2.24, 2.45) is 5.92 Å². The molecule has 1 fully saturated rings. The highest BCUT2D eigenvalue weighted by molar-refractivity contribution is 5.85. The van der Waals surface area contributed by atoms with Crippen LogP contribution >= 0.6 is 12.4 Å². The normalized spacial score (nSPS) is 19.2. The van der Waals surface area contributed by atoms with E-state index >= 15 is 0 Å². The summed E-state index contributed by atoms with van der Waals surface area (Å²) in [6.07, 6.45) is 4.48. The van der Waals surface area contributed by atoms with Crippen molar-refractivity contribution in [3.8, 4) is 0 Å². The van der Waals surface area contributed by atoms with Crippen LogP contribution in [0.3, 0.4) is 0 Å². The summed E-state index contributed by atoms with van der Waals surface area (Å²) in [4.78, 5) is 14.2. The molecule has 17 heavy (non-hydrogen) atoms. The summed E-state index contributed by atoms with van der Waals surface area (Å²) >= 11 is 0. The summed E-state index contributed by atoms with van der Waals surface area (Å²) in [5.74, 6) is 0.970. The van der Waals surface area contributed by atoms with Gasteiger partial charge in [-0.25, -0.2) is 0 Å². The molecule has 0 spiro atoms. The van der Waals surface area contributed by atoms with Crippen LogP contribution in [0.1, 0.15) is 46.5 Å². The first-order valence-corrected chi connectivity index (χ1v) is 6.75. The number of rotatable bonds is 6. The molecule has 1 atom stereocenters. The SMILES string of the molecule is CCC(CC)CN(CC)C(=O)C1CCCN1.Cl. The monoisotopic (exact) mass is 262 g/mol. The number of hydrogen-bond acceptors (Lipinski definition) is 2. The van der Waals surface area contributed by atoms with E-state index in [0.29, 0.717) is 11.8 Å². The zero-order chi connectivity index (χ0) is 12.0. The van der Waals surface area contributed by atoms with Crippen LogP contribution in [0.15, 0.2) is 0 Å². The Morgan fingerprint density at radius 3 is 2.41 bits per heavy atom. The fourth-order valence-electron chi connectivity index (χ4n) is 2.35. The average molecular weight is 263 g/mol. The summed E-state index contributed by atoms with van der Waals surface area (Å²) in [6.45, 7) is 9.27. The van der Waals surface area contributed by atoms with E-state index in [9.17, 15) is 4.79 Å². The lowest BCUT2D eigenvalue weighted by Crippen LogP contribution is -2.45. The first kappa shape index (κ1) is 16.7. The van der Waals surface area contributed by atoms with Gasteiger partial charge in [0, 0.05) is 13.1 Å². The van der Waals surface area contributed by atoms with Crippen molar-refractivity contribution in [1.29, 1.82) is 0 Å². The molecule has 1 aliphatic rings. The summed E-state index contributed by atoms with van der Waals surface area (Å²) < 4.78 is 0. The molecule has 0 aromatic rings. The van der Waals surface area contributed by atoms with Gasteiger partial charge in [0.25, 0.3) is 0 Å². The third-order valence-corrected chi connectivity index (χ3v) is 3.69. The van der Waals surface area contributed by atoms with E-state index in [0.717, 1.165) is 32.5 Å². The summed E-state index contributed by atoms with van der Waals surface area (Å²) in [5, 5.41) is 3.29. The van der Waals surface area contributed by atoms with E-state index in [1.807, 2.05) is 4.90 Å². The van der Waals surface area contributed by atoms with Gasteiger partial charge in [0.2, 0.25) is 5.91 Å². The minimum Gasteiger partial charge on any atom is -0.341 e. The second-order valence-electron chi connectivity index (χ2n) is 4.71. The zero-order valence-corrected chi connectivity index (χ0v) is 12.2. The van der Waals surface area contributed by atoms with E-state index in [4.69, 9.17) is 0 Å². The Bertz CT molecular complexity index is 213. The van der Waals surface area contributed by atoms with Crippen molar-refractivity contribution in [2.45, 2.75) is 52.5 Å². The van der Waals surface area contributed by atoms with Crippen LogP contribution in [0, 0.1) is 5.92 Å².